The molecule has 0 unspecified atom stereocenters. The molecule has 0 aliphatic rings. The lowest BCUT2D eigenvalue weighted by Crippen LogP contribution is -2.10. The fourth-order valence-corrected chi connectivity index (χ4v) is 2.35. The Morgan fingerprint density at radius 3 is 1.79 bits per heavy atom. The van der Waals surface area contributed by atoms with Crippen LogP contribution >= 0.6 is 0 Å². The molecule has 0 spiro atoms. The van der Waals surface area contributed by atoms with Gasteiger partial charge in [-0.25, -0.2) is 0 Å². The zero-order valence-electron chi connectivity index (χ0n) is 15.2. The van der Waals surface area contributed by atoms with Gasteiger partial charge in [-0.3, -0.25) is 4.99 Å². The van der Waals surface area contributed by atoms with E-state index < -0.39 is 0 Å². The molecule has 0 aliphatic carbocycles. The van der Waals surface area contributed by atoms with Crippen molar-refractivity contribution in [3.63, 3.8) is 0 Å². The normalized spacial score (nSPS) is 11.6. The van der Waals surface area contributed by atoms with Crippen LogP contribution in [0.2, 0.25) is 0 Å². The molecule has 0 aromatic heterocycles. The molecule has 2 aromatic rings. The lowest BCUT2D eigenvalue weighted by atomic mass is 9.87. The predicted octanol–water partition coefficient (Wildman–Crippen LogP) is 4.76. The molecule has 0 atom stereocenters. The number of ether oxygens (including phenoxy) is 3. The van der Waals surface area contributed by atoms with Gasteiger partial charge in [0, 0.05) is 18.3 Å². The number of hydrogen-bond donors (Lipinski definition) is 0. The van der Waals surface area contributed by atoms with Crippen molar-refractivity contribution in [3.8, 4) is 17.2 Å². The maximum atomic E-state index is 5.43. The standard InChI is InChI=1S/C20H25NO3/c1-20(2,3)14-7-9-15(10-8-14)21-13-17-18(23-5)11-16(22-4)12-19(17)24-6/h7-13H,1-6H3. The smallest absolute Gasteiger partial charge is 0.135 e. The van der Waals surface area contributed by atoms with Gasteiger partial charge in [0.25, 0.3) is 0 Å². The third kappa shape index (κ3) is 4.07. The molecule has 24 heavy (non-hydrogen) atoms. The van der Waals surface area contributed by atoms with Crippen LogP contribution in [0.1, 0.15) is 31.9 Å². The van der Waals surface area contributed by atoms with Crippen molar-refractivity contribution in [1.29, 1.82) is 0 Å². The zero-order valence-corrected chi connectivity index (χ0v) is 15.2. The van der Waals surface area contributed by atoms with Crippen molar-refractivity contribution in [1.82, 2.24) is 0 Å². The van der Waals surface area contributed by atoms with Crippen LogP contribution in [0.15, 0.2) is 41.4 Å². The third-order valence-electron chi connectivity index (χ3n) is 3.83. The molecule has 4 nitrogen and oxygen atoms in total. The van der Waals surface area contributed by atoms with Crippen molar-refractivity contribution >= 4 is 11.9 Å². The number of benzene rings is 2. The summed E-state index contributed by atoms with van der Waals surface area (Å²) >= 11 is 0. The summed E-state index contributed by atoms with van der Waals surface area (Å²) in [6, 6.07) is 11.9. The highest BCUT2D eigenvalue weighted by molar-refractivity contribution is 5.89. The third-order valence-corrected chi connectivity index (χ3v) is 3.83. The average Bonchev–Trinajstić information content (AvgIpc) is 2.58. The molecule has 0 bridgehead atoms. The summed E-state index contributed by atoms with van der Waals surface area (Å²) in [4.78, 5) is 4.55. The first-order valence-electron chi connectivity index (χ1n) is 7.83. The Morgan fingerprint density at radius 2 is 1.38 bits per heavy atom. The molecule has 0 N–H and O–H groups in total. The van der Waals surface area contributed by atoms with Crippen LogP contribution < -0.4 is 14.2 Å². The largest absolute Gasteiger partial charge is 0.496 e. The van der Waals surface area contributed by atoms with Crippen molar-refractivity contribution < 1.29 is 14.2 Å². The van der Waals surface area contributed by atoms with Crippen molar-refractivity contribution in [2.45, 2.75) is 26.2 Å². The number of methoxy groups -OCH3 is 3. The van der Waals surface area contributed by atoms with Gasteiger partial charge >= 0.3 is 0 Å². The molecular weight excluding hydrogens is 302 g/mol. The van der Waals surface area contributed by atoms with Crippen LogP contribution in [-0.2, 0) is 5.41 Å². The van der Waals surface area contributed by atoms with Crippen molar-refractivity contribution in [2.24, 2.45) is 4.99 Å². The minimum absolute atomic E-state index is 0.130. The van der Waals surface area contributed by atoms with E-state index >= 15 is 0 Å². The summed E-state index contributed by atoms with van der Waals surface area (Å²) in [7, 11) is 4.84. The van der Waals surface area contributed by atoms with E-state index in [9.17, 15) is 0 Å². The van der Waals surface area contributed by atoms with E-state index in [0.717, 1.165) is 11.3 Å². The molecule has 4 heteroatoms. The monoisotopic (exact) mass is 327 g/mol. The molecule has 0 amide bonds. The first kappa shape index (κ1) is 17.9. The SMILES string of the molecule is COc1cc(OC)c(C=Nc2ccc(C(C)(C)C)cc2)c(OC)c1. The average molecular weight is 327 g/mol. The van der Waals surface area contributed by atoms with Gasteiger partial charge in [-0.2, -0.15) is 0 Å². The summed E-state index contributed by atoms with van der Waals surface area (Å²) in [6.07, 6.45) is 1.75. The molecular formula is C20H25NO3. The Bertz CT molecular complexity index is 688. The first-order chi connectivity index (χ1) is 11.4. The van der Waals surface area contributed by atoms with Crippen LogP contribution in [0.4, 0.5) is 5.69 Å². The second kappa shape index (κ2) is 7.39. The second-order valence-corrected chi connectivity index (χ2v) is 6.50. The number of nitrogens with zero attached hydrogens (tertiary/aromatic N) is 1. The van der Waals surface area contributed by atoms with Crippen LogP contribution in [0.3, 0.4) is 0 Å². The highest BCUT2D eigenvalue weighted by Gasteiger charge is 2.13. The summed E-state index contributed by atoms with van der Waals surface area (Å²) < 4.78 is 16.1. The summed E-state index contributed by atoms with van der Waals surface area (Å²) in [6.45, 7) is 6.58. The second-order valence-electron chi connectivity index (χ2n) is 6.50. The van der Waals surface area contributed by atoms with E-state index in [1.807, 2.05) is 24.3 Å². The molecule has 0 aliphatic heterocycles. The number of aliphatic imine (C=N–C) groups is 1. The molecule has 0 heterocycles. The predicted molar refractivity (Wildman–Crippen MR) is 98.5 cm³/mol. The Morgan fingerprint density at radius 1 is 0.833 bits per heavy atom. The molecule has 2 aromatic carbocycles. The molecule has 0 fully saturated rings. The number of rotatable bonds is 5. The van der Waals surface area contributed by atoms with Crippen LogP contribution in [0.5, 0.6) is 17.2 Å². The van der Waals surface area contributed by atoms with Crippen LogP contribution in [-0.4, -0.2) is 27.5 Å². The van der Waals surface area contributed by atoms with E-state index in [1.165, 1.54) is 5.56 Å². The van der Waals surface area contributed by atoms with E-state index in [2.05, 4.69) is 37.9 Å². The van der Waals surface area contributed by atoms with Crippen molar-refractivity contribution in [2.75, 3.05) is 21.3 Å². The molecule has 0 radical (unpaired) electrons. The molecule has 0 saturated carbocycles. The highest BCUT2D eigenvalue weighted by Crippen LogP contribution is 2.33. The number of hydrogen-bond acceptors (Lipinski definition) is 4. The quantitative estimate of drug-likeness (QED) is 0.743. The fourth-order valence-electron chi connectivity index (χ4n) is 2.35. The van der Waals surface area contributed by atoms with Gasteiger partial charge in [0.1, 0.15) is 17.2 Å². The van der Waals surface area contributed by atoms with E-state index in [4.69, 9.17) is 14.2 Å². The fraction of sp³-hybridized carbons (Fsp3) is 0.350. The van der Waals surface area contributed by atoms with Gasteiger partial charge in [0.2, 0.25) is 0 Å². The Hall–Kier alpha value is -2.49. The van der Waals surface area contributed by atoms with E-state index in [0.29, 0.717) is 17.2 Å². The first-order valence-corrected chi connectivity index (χ1v) is 7.83. The maximum Gasteiger partial charge on any atom is 0.135 e. The molecule has 2 rings (SSSR count). The minimum atomic E-state index is 0.130. The van der Waals surface area contributed by atoms with Gasteiger partial charge in [-0.1, -0.05) is 32.9 Å². The van der Waals surface area contributed by atoms with E-state index in [-0.39, 0.29) is 5.41 Å². The van der Waals surface area contributed by atoms with Crippen LogP contribution in [0.25, 0.3) is 0 Å². The highest BCUT2D eigenvalue weighted by atomic mass is 16.5. The minimum Gasteiger partial charge on any atom is -0.496 e. The topological polar surface area (TPSA) is 40.0 Å². The summed E-state index contributed by atoms with van der Waals surface area (Å²) in [5.41, 5.74) is 3.06. The maximum absolute atomic E-state index is 5.43. The van der Waals surface area contributed by atoms with Gasteiger partial charge in [0.05, 0.1) is 32.6 Å². The van der Waals surface area contributed by atoms with Gasteiger partial charge in [-0.15, -0.1) is 0 Å². The Kier molecular flexibility index (Phi) is 5.50. The molecule has 128 valence electrons. The lowest BCUT2D eigenvalue weighted by molar-refractivity contribution is 0.374. The summed E-state index contributed by atoms with van der Waals surface area (Å²) in [5.74, 6) is 1.98. The van der Waals surface area contributed by atoms with E-state index in [1.54, 1.807) is 27.5 Å². The van der Waals surface area contributed by atoms with Crippen LogP contribution in [0, 0.1) is 0 Å². The molecule has 0 saturated heterocycles. The zero-order chi connectivity index (χ0) is 17.7. The van der Waals surface area contributed by atoms with Gasteiger partial charge in [-0.05, 0) is 23.1 Å². The Balaban J connectivity index is 2.34. The van der Waals surface area contributed by atoms with Gasteiger partial charge < -0.3 is 14.2 Å². The van der Waals surface area contributed by atoms with Gasteiger partial charge in [0.15, 0.2) is 0 Å². The Labute approximate surface area is 144 Å². The van der Waals surface area contributed by atoms with Crippen molar-refractivity contribution in [3.05, 3.63) is 47.5 Å². The lowest BCUT2D eigenvalue weighted by Gasteiger charge is -2.18. The summed E-state index contributed by atoms with van der Waals surface area (Å²) in [5, 5.41) is 0.